The van der Waals surface area contributed by atoms with E-state index in [9.17, 15) is 4.79 Å². The van der Waals surface area contributed by atoms with E-state index in [4.69, 9.17) is 6.42 Å². The SMILES string of the molecule is C#CCCC(=O)C1CN2CCCN1CC2. The predicted molar refractivity (Wildman–Crippen MR) is 59.5 cm³/mol. The quantitative estimate of drug-likeness (QED) is 0.623. The van der Waals surface area contributed by atoms with Crippen LogP contribution in [0.25, 0.3) is 0 Å². The Balaban J connectivity index is 1.97. The van der Waals surface area contributed by atoms with Gasteiger partial charge in [-0.25, -0.2) is 0 Å². The van der Waals surface area contributed by atoms with Crippen LogP contribution in [0.1, 0.15) is 19.3 Å². The average Bonchev–Trinajstić information content (AvgIpc) is 2.60. The summed E-state index contributed by atoms with van der Waals surface area (Å²) in [4.78, 5) is 16.7. The third-order valence-corrected chi connectivity index (χ3v) is 3.38. The monoisotopic (exact) mass is 206 g/mol. The maximum atomic E-state index is 11.9. The molecule has 0 aromatic heterocycles. The van der Waals surface area contributed by atoms with Gasteiger partial charge in [-0.05, 0) is 13.0 Å². The number of ketones is 1. The molecule has 0 aliphatic carbocycles. The highest BCUT2D eigenvalue weighted by atomic mass is 16.1. The summed E-state index contributed by atoms with van der Waals surface area (Å²) in [6, 6.07) is 0.120. The van der Waals surface area contributed by atoms with E-state index < -0.39 is 0 Å². The Hall–Kier alpha value is -0.850. The first-order valence-electron chi connectivity index (χ1n) is 5.74. The first-order chi connectivity index (χ1) is 7.31. The van der Waals surface area contributed by atoms with Gasteiger partial charge in [-0.15, -0.1) is 12.3 Å². The van der Waals surface area contributed by atoms with Crippen molar-refractivity contribution in [3.8, 4) is 12.3 Å². The number of hydrogen-bond donors (Lipinski definition) is 0. The van der Waals surface area contributed by atoms with Crippen LogP contribution in [-0.4, -0.2) is 54.3 Å². The third kappa shape index (κ3) is 2.39. The van der Waals surface area contributed by atoms with Crippen LogP contribution in [0.15, 0.2) is 0 Å². The van der Waals surface area contributed by atoms with Gasteiger partial charge in [-0.1, -0.05) is 0 Å². The Bertz CT molecular complexity index is 278. The minimum atomic E-state index is 0.120. The van der Waals surface area contributed by atoms with Gasteiger partial charge in [0.15, 0.2) is 5.78 Å². The number of piperazine rings is 1. The summed E-state index contributed by atoms with van der Waals surface area (Å²) < 4.78 is 0. The molecule has 3 rings (SSSR count). The van der Waals surface area contributed by atoms with Crippen LogP contribution < -0.4 is 0 Å². The summed E-state index contributed by atoms with van der Waals surface area (Å²) in [7, 11) is 0. The maximum absolute atomic E-state index is 11.9. The fourth-order valence-corrected chi connectivity index (χ4v) is 2.51. The summed E-state index contributed by atoms with van der Waals surface area (Å²) >= 11 is 0. The number of rotatable bonds is 3. The Morgan fingerprint density at radius 3 is 3.00 bits per heavy atom. The molecule has 3 aliphatic heterocycles. The van der Waals surface area contributed by atoms with Crippen molar-refractivity contribution < 1.29 is 4.79 Å². The lowest BCUT2D eigenvalue weighted by Crippen LogP contribution is -2.53. The molecule has 3 aliphatic rings. The highest BCUT2D eigenvalue weighted by Gasteiger charge is 2.33. The molecular weight excluding hydrogens is 188 g/mol. The van der Waals surface area contributed by atoms with E-state index in [1.807, 2.05) is 0 Å². The summed E-state index contributed by atoms with van der Waals surface area (Å²) in [5.41, 5.74) is 0. The van der Waals surface area contributed by atoms with Crippen LogP contribution in [0.3, 0.4) is 0 Å². The van der Waals surface area contributed by atoms with Crippen molar-refractivity contribution in [3.63, 3.8) is 0 Å². The number of carbonyl (C=O) groups is 1. The molecule has 0 aromatic rings. The van der Waals surface area contributed by atoms with Crippen LogP contribution in [0.5, 0.6) is 0 Å². The number of fused-ring (bicyclic) bond motifs is 4. The second-order valence-electron chi connectivity index (χ2n) is 4.38. The number of Topliss-reactive ketones (excluding diaryl/α,β-unsaturated/α-hetero) is 1. The van der Waals surface area contributed by atoms with E-state index >= 15 is 0 Å². The van der Waals surface area contributed by atoms with Crippen LogP contribution in [0, 0.1) is 12.3 Å². The lowest BCUT2D eigenvalue weighted by molar-refractivity contribution is -0.125. The predicted octanol–water partition coefficient (Wildman–Crippen LogP) is 0.359. The molecule has 0 spiro atoms. The van der Waals surface area contributed by atoms with Gasteiger partial charge in [0.25, 0.3) is 0 Å². The summed E-state index contributed by atoms with van der Waals surface area (Å²) in [5, 5.41) is 0. The van der Waals surface area contributed by atoms with Crippen molar-refractivity contribution in [2.45, 2.75) is 25.3 Å². The number of hydrogen-bond acceptors (Lipinski definition) is 3. The number of nitrogens with zero attached hydrogens (tertiary/aromatic N) is 2. The van der Waals surface area contributed by atoms with Gasteiger partial charge in [0.2, 0.25) is 0 Å². The van der Waals surface area contributed by atoms with Crippen LogP contribution in [0.2, 0.25) is 0 Å². The van der Waals surface area contributed by atoms with Gasteiger partial charge in [-0.2, -0.15) is 0 Å². The van der Waals surface area contributed by atoms with Gasteiger partial charge in [0.1, 0.15) is 0 Å². The molecule has 0 saturated carbocycles. The van der Waals surface area contributed by atoms with E-state index in [0.29, 0.717) is 18.6 Å². The maximum Gasteiger partial charge on any atom is 0.152 e. The molecule has 3 fully saturated rings. The van der Waals surface area contributed by atoms with Crippen molar-refractivity contribution in [1.29, 1.82) is 0 Å². The average molecular weight is 206 g/mol. The second kappa shape index (κ2) is 4.78. The first-order valence-corrected chi connectivity index (χ1v) is 5.74. The second-order valence-corrected chi connectivity index (χ2v) is 4.38. The number of carbonyl (C=O) groups excluding carboxylic acids is 1. The fourth-order valence-electron chi connectivity index (χ4n) is 2.51. The Kier molecular flexibility index (Phi) is 3.40. The molecule has 15 heavy (non-hydrogen) atoms. The molecule has 3 unspecified atom stereocenters. The van der Waals surface area contributed by atoms with Gasteiger partial charge in [-0.3, -0.25) is 9.69 Å². The van der Waals surface area contributed by atoms with Gasteiger partial charge in [0.05, 0.1) is 6.04 Å². The smallest absolute Gasteiger partial charge is 0.152 e. The molecule has 3 atom stereocenters. The number of terminal acetylenes is 1. The summed E-state index contributed by atoms with van der Waals surface area (Å²) in [6.45, 7) is 5.31. The largest absolute Gasteiger partial charge is 0.300 e. The first kappa shape index (κ1) is 10.7. The molecule has 2 bridgehead atoms. The minimum Gasteiger partial charge on any atom is -0.300 e. The van der Waals surface area contributed by atoms with E-state index in [1.54, 1.807) is 0 Å². The molecule has 3 nitrogen and oxygen atoms in total. The topological polar surface area (TPSA) is 23.6 Å². The lowest BCUT2D eigenvalue weighted by Gasteiger charge is -2.36. The molecule has 3 heterocycles. The molecule has 82 valence electrons. The van der Waals surface area contributed by atoms with Gasteiger partial charge < -0.3 is 4.90 Å². The highest BCUT2D eigenvalue weighted by Crippen LogP contribution is 2.17. The molecule has 0 N–H and O–H groups in total. The standard InChI is InChI=1S/C12H18N2O/c1-2-3-5-12(15)11-10-13-6-4-7-14(11)9-8-13/h1,11H,3-10H2. The zero-order valence-electron chi connectivity index (χ0n) is 9.11. The van der Waals surface area contributed by atoms with Gasteiger partial charge in [0, 0.05) is 39.0 Å². The molecule has 0 amide bonds. The van der Waals surface area contributed by atoms with Crippen LogP contribution in [-0.2, 0) is 4.79 Å². The lowest BCUT2D eigenvalue weighted by atomic mass is 10.0. The Morgan fingerprint density at radius 2 is 2.20 bits per heavy atom. The van der Waals surface area contributed by atoms with Crippen molar-refractivity contribution in [3.05, 3.63) is 0 Å². The van der Waals surface area contributed by atoms with E-state index in [2.05, 4.69) is 15.7 Å². The van der Waals surface area contributed by atoms with Crippen molar-refractivity contribution in [1.82, 2.24) is 9.80 Å². The Labute approximate surface area is 91.4 Å². The van der Waals surface area contributed by atoms with E-state index in [0.717, 1.165) is 32.7 Å². The van der Waals surface area contributed by atoms with E-state index in [1.165, 1.54) is 6.42 Å². The normalized spacial score (nSPS) is 34.5. The van der Waals surface area contributed by atoms with E-state index in [-0.39, 0.29) is 6.04 Å². The highest BCUT2D eigenvalue weighted by molar-refractivity contribution is 5.84. The van der Waals surface area contributed by atoms with Crippen LogP contribution in [0.4, 0.5) is 0 Å². The zero-order valence-corrected chi connectivity index (χ0v) is 9.11. The summed E-state index contributed by atoms with van der Waals surface area (Å²) in [6.07, 6.45) is 7.51. The van der Waals surface area contributed by atoms with Crippen molar-refractivity contribution >= 4 is 5.78 Å². The minimum absolute atomic E-state index is 0.120. The zero-order chi connectivity index (χ0) is 10.7. The third-order valence-electron chi connectivity index (χ3n) is 3.38. The molecule has 3 heteroatoms. The summed E-state index contributed by atoms with van der Waals surface area (Å²) in [5.74, 6) is 2.88. The fraction of sp³-hybridized carbons (Fsp3) is 0.750. The molecule has 0 radical (unpaired) electrons. The van der Waals surface area contributed by atoms with Gasteiger partial charge >= 0.3 is 0 Å². The van der Waals surface area contributed by atoms with Crippen LogP contribution >= 0.6 is 0 Å². The molecular formula is C12H18N2O. The van der Waals surface area contributed by atoms with Crippen molar-refractivity contribution in [2.24, 2.45) is 0 Å². The molecule has 0 aromatic carbocycles. The Morgan fingerprint density at radius 1 is 1.33 bits per heavy atom. The molecule has 3 saturated heterocycles. The van der Waals surface area contributed by atoms with Crippen molar-refractivity contribution in [2.75, 3.05) is 32.7 Å².